The summed E-state index contributed by atoms with van der Waals surface area (Å²) < 4.78 is 0. The molecule has 0 spiro atoms. The van der Waals surface area contributed by atoms with Crippen LogP contribution in [0.15, 0.2) is 91.0 Å². The molecule has 0 nitrogen and oxygen atoms in total. The quantitative estimate of drug-likeness (QED) is 0.519. The van der Waals surface area contributed by atoms with E-state index in [2.05, 4.69) is 106 Å². The first kappa shape index (κ1) is 16.1. The second-order valence-corrected chi connectivity index (χ2v) is 15.5. The van der Waals surface area contributed by atoms with Gasteiger partial charge in [0.1, 0.15) is 0 Å². The van der Waals surface area contributed by atoms with E-state index >= 15 is 0 Å². The van der Waals surface area contributed by atoms with E-state index in [1.807, 2.05) is 0 Å². The molecule has 4 rings (SSSR count). The minimum absolute atomic E-state index is 0.670. The summed E-state index contributed by atoms with van der Waals surface area (Å²) in [5, 5.41) is 1.71. The number of hydrogen-bond donors (Lipinski definition) is 0. The van der Waals surface area contributed by atoms with Crippen LogP contribution < -0.4 is 15.9 Å². The van der Waals surface area contributed by atoms with Gasteiger partial charge in [-0.15, -0.1) is 0 Å². The van der Waals surface area contributed by atoms with Crippen molar-refractivity contribution >= 4 is 36.7 Å². The molecule has 2 heteroatoms. The van der Waals surface area contributed by atoms with E-state index in [1.54, 1.807) is 0 Å². The fourth-order valence-corrected chi connectivity index (χ4v) is 13.2. The second kappa shape index (κ2) is 6.14. The minimum atomic E-state index is -2.64. The Morgan fingerprint density at radius 1 is 0.583 bits per heavy atom. The zero-order valence-corrected chi connectivity index (χ0v) is 16.2. The molecule has 0 unspecified atom stereocenters. The SMILES string of the molecule is BrP(c1ccccc1)(c1ccccc1)(c1ccccc1)C1CCC1. The van der Waals surface area contributed by atoms with Gasteiger partial charge >= 0.3 is 153 Å². The fraction of sp³-hybridized carbons (Fsp3) is 0.182. The van der Waals surface area contributed by atoms with Crippen molar-refractivity contribution in [1.29, 1.82) is 0 Å². The molecule has 122 valence electrons. The van der Waals surface area contributed by atoms with Crippen LogP contribution in [0, 0.1) is 0 Å². The summed E-state index contributed by atoms with van der Waals surface area (Å²) in [6.45, 7) is 0. The Balaban J connectivity index is 2.12. The summed E-state index contributed by atoms with van der Waals surface area (Å²) in [7, 11) is 0. The van der Waals surface area contributed by atoms with Gasteiger partial charge in [-0.1, -0.05) is 0 Å². The van der Waals surface area contributed by atoms with Crippen molar-refractivity contribution < 1.29 is 0 Å². The van der Waals surface area contributed by atoms with E-state index in [0.29, 0.717) is 5.66 Å². The van der Waals surface area contributed by atoms with Gasteiger partial charge in [0.2, 0.25) is 0 Å². The zero-order valence-electron chi connectivity index (χ0n) is 13.7. The van der Waals surface area contributed by atoms with Gasteiger partial charge in [0.25, 0.3) is 0 Å². The molecule has 0 atom stereocenters. The third-order valence-electron chi connectivity index (χ3n) is 5.54. The maximum atomic E-state index is 4.52. The van der Waals surface area contributed by atoms with Gasteiger partial charge < -0.3 is 0 Å². The third-order valence-corrected chi connectivity index (χ3v) is 16.8. The van der Waals surface area contributed by atoms with E-state index < -0.39 is 5.31 Å². The second-order valence-electron chi connectivity index (χ2n) is 6.67. The molecule has 24 heavy (non-hydrogen) atoms. The average Bonchev–Trinajstić information content (AvgIpc) is 2.62. The average molecular weight is 397 g/mol. The molecule has 3 aromatic rings. The maximum absolute atomic E-state index is 4.52. The van der Waals surface area contributed by atoms with Crippen molar-refractivity contribution in [3.05, 3.63) is 91.0 Å². The van der Waals surface area contributed by atoms with Crippen molar-refractivity contribution in [1.82, 2.24) is 0 Å². The molecule has 0 N–H and O–H groups in total. The summed E-state index contributed by atoms with van der Waals surface area (Å²) in [6, 6.07) is 33.4. The van der Waals surface area contributed by atoms with Gasteiger partial charge in [0.05, 0.1) is 0 Å². The monoisotopic (exact) mass is 396 g/mol. The van der Waals surface area contributed by atoms with Crippen molar-refractivity contribution in [2.75, 3.05) is 0 Å². The molecule has 0 amide bonds. The fourth-order valence-electron chi connectivity index (χ4n) is 4.11. The van der Waals surface area contributed by atoms with Crippen LogP contribution in [-0.4, -0.2) is 5.66 Å². The summed E-state index contributed by atoms with van der Waals surface area (Å²) in [4.78, 5) is 0. The summed E-state index contributed by atoms with van der Waals surface area (Å²) >= 11 is 4.52. The van der Waals surface area contributed by atoms with Gasteiger partial charge in [0.15, 0.2) is 0 Å². The van der Waals surface area contributed by atoms with Gasteiger partial charge in [-0.2, -0.15) is 0 Å². The van der Waals surface area contributed by atoms with Crippen LogP contribution in [0.5, 0.6) is 0 Å². The Morgan fingerprint density at radius 3 is 1.17 bits per heavy atom. The molecule has 1 aliphatic rings. The molecule has 3 aromatic carbocycles. The van der Waals surface area contributed by atoms with Crippen LogP contribution in [0.1, 0.15) is 19.3 Å². The van der Waals surface area contributed by atoms with Gasteiger partial charge in [-0.25, -0.2) is 0 Å². The van der Waals surface area contributed by atoms with E-state index in [0.717, 1.165) is 0 Å². The Hall–Kier alpha value is -1.43. The Bertz CT molecular complexity index is 711. The number of halogens is 1. The molecule has 0 bridgehead atoms. The first-order valence-electron chi connectivity index (χ1n) is 8.65. The summed E-state index contributed by atoms with van der Waals surface area (Å²) in [5.41, 5.74) is 0.670. The molecular weight excluding hydrogens is 375 g/mol. The standard InChI is InChI=1S/C22H22BrP/c23-24(22-17-10-18-22,19-11-4-1-5-12-19,20-13-6-2-7-14-20)21-15-8-3-9-16-21/h1-9,11-16,22H,10,17-18H2. The van der Waals surface area contributed by atoms with Crippen molar-refractivity contribution in [2.24, 2.45) is 0 Å². The predicted molar refractivity (Wildman–Crippen MR) is 112 cm³/mol. The van der Waals surface area contributed by atoms with Crippen LogP contribution in [0.25, 0.3) is 0 Å². The van der Waals surface area contributed by atoms with E-state index in [1.165, 1.54) is 35.2 Å². The van der Waals surface area contributed by atoms with Gasteiger partial charge in [-0.05, 0) is 0 Å². The molecule has 0 saturated heterocycles. The van der Waals surface area contributed by atoms with Crippen LogP contribution in [0.4, 0.5) is 0 Å². The molecule has 0 radical (unpaired) electrons. The zero-order chi connectivity index (χ0) is 16.5. The number of rotatable bonds is 4. The summed E-state index contributed by atoms with van der Waals surface area (Å²) in [5.74, 6) is 0. The Labute approximate surface area is 152 Å². The van der Waals surface area contributed by atoms with E-state index in [-0.39, 0.29) is 0 Å². The summed E-state index contributed by atoms with van der Waals surface area (Å²) in [6.07, 6.45) is 3.92. The third kappa shape index (κ3) is 2.15. The van der Waals surface area contributed by atoms with Crippen molar-refractivity contribution in [3.8, 4) is 0 Å². The van der Waals surface area contributed by atoms with Gasteiger partial charge in [-0.3, -0.25) is 0 Å². The Morgan fingerprint density at radius 2 is 0.917 bits per heavy atom. The topological polar surface area (TPSA) is 0 Å². The normalized spacial score (nSPS) is 16.8. The van der Waals surface area contributed by atoms with E-state index in [9.17, 15) is 0 Å². The molecule has 1 saturated carbocycles. The van der Waals surface area contributed by atoms with Crippen LogP contribution in [0.3, 0.4) is 0 Å². The molecule has 1 fully saturated rings. The van der Waals surface area contributed by atoms with E-state index in [4.69, 9.17) is 0 Å². The molecule has 0 aromatic heterocycles. The van der Waals surface area contributed by atoms with Crippen LogP contribution in [0.2, 0.25) is 0 Å². The molecular formula is C22H22BrP. The Kier molecular flexibility index (Phi) is 4.11. The number of hydrogen-bond acceptors (Lipinski definition) is 0. The van der Waals surface area contributed by atoms with Crippen LogP contribution >= 0.6 is 20.8 Å². The molecule has 0 aliphatic heterocycles. The van der Waals surface area contributed by atoms with Crippen molar-refractivity contribution in [3.63, 3.8) is 0 Å². The first-order chi connectivity index (χ1) is 11.7. The molecule has 0 heterocycles. The predicted octanol–water partition coefficient (Wildman–Crippen LogP) is 5.38. The van der Waals surface area contributed by atoms with Gasteiger partial charge in [0, 0.05) is 0 Å². The number of benzene rings is 3. The van der Waals surface area contributed by atoms with Crippen LogP contribution in [-0.2, 0) is 0 Å². The molecule has 1 aliphatic carbocycles. The van der Waals surface area contributed by atoms with Crippen molar-refractivity contribution in [2.45, 2.75) is 24.9 Å². The first-order valence-corrected chi connectivity index (χ1v) is 13.0.